The predicted molar refractivity (Wildman–Crippen MR) is 180 cm³/mol. The number of aromatic amines is 2. The van der Waals surface area contributed by atoms with Gasteiger partial charge in [-0.15, -0.1) is 0 Å². The topological polar surface area (TPSA) is 125 Å². The number of hydrogen-bond acceptors (Lipinski definition) is 7. The number of carbonyl (C=O) groups excluding carboxylic acids is 1. The number of likely N-dealkylation sites (N-methyl/N-ethyl adjacent to an activating group) is 1. The van der Waals surface area contributed by atoms with Gasteiger partial charge in [0.1, 0.15) is 18.2 Å². The number of rotatable bonds is 10. The maximum absolute atomic E-state index is 14.7. The van der Waals surface area contributed by atoms with Crippen molar-refractivity contribution in [3.05, 3.63) is 109 Å². The highest BCUT2D eigenvalue weighted by molar-refractivity contribution is 6.01. The van der Waals surface area contributed by atoms with Gasteiger partial charge >= 0.3 is 0 Å². The van der Waals surface area contributed by atoms with Crippen LogP contribution in [0.5, 0.6) is 5.75 Å². The van der Waals surface area contributed by atoms with Gasteiger partial charge < -0.3 is 19.9 Å². The first-order chi connectivity index (χ1) is 22.9. The molecule has 5 heterocycles. The number of hydrogen-bond donors (Lipinski definition) is 3. The second kappa shape index (κ2) is 12.8. The lowest BCUT2D eigenvalue weighted by molar-refractivity contribution is -0.115. The molecule has 0 spiro atoms. The normalized spacial score (nSPS) is 11.4. The lowest BCUT2D eigenvalue weighted by atomic mass is 10.0. The van der Waals surface area contributed by atoms with Crippen LogP contribution in [0, 0.1) is 5.82 Å². The van der Waals surface area contributed by atoms with E-state index >= 15 is 0 Å². The van der Waals surface area contributed by atoms with E-state index in [1.54, 1.807) is 31.0 Å². The molecule has 2 aromatic carbocycles. The molecule has 1 amide bonds. The molecule has 0 fully saturated rings. The lowest BCUT2D eigenvalue weighted by Crippen LogP contribution is -2.19. The summed E-state index contributed by atoms with van der Waals surface area (Å²) in [5, 5.41) is 12.2. The van der Waals surface area contributed by atoms with Gasteiger partial charge in [0.2, 0.25) is 5.91 Å². The van der Waals surface area contributed by atoms with Crippen LogP contribution >= 0.6 is 0 Å². The maximum atomic E-state index is 14.7. The summed E-state index contributed by atoms with van der Waals surface area (Å²) in [6.07, 6.45) is 8.81. The van der Waals surface area contributed by atoms with E-state index in [0.717, 1.165) is 49.9 Å². The number of ether oxygens (including phenoxy) is 1. The van der Waals surface area contributed by atoms with Gasteiger partial charge in [0.05, 0.1) is 41.4 Å². The fraction of sp³-hybridized carbons (Fsp3) is 0.139. The molecule has 47 heavy (non-hydrogen) atoms. The molecule has 234 valence electrons. The van der Waals surface area contributed by atoms with Crippen LogP contribution in [0.25, 0.3) is 55.6 Å². The second-order valence-corrected chi connectivity index (χ2v) is 11.5. The number of carbonyl (C=O) groups is 1. The maximum Gasteiger partial charge on any atom is 0.228 e. The zero-order chi connectivity index (χ0) is 32.3. The summed E-state index contributed by atoms with van der Waals surface area (Å²) in [4.78, 5) is 31.5. The van der Waals surface area contributed by atoms with Gasteiger partial charge in [0.15, 0.2) is 5.65 Å². The summed E-state index contributed by atoms with van der Waals surface area (Å²) in [5.74, 6) is -0.0514. The number of fused-ring (bicyclic) bond motifs is 2. The van der Waals surface area contributed by atoms with E-state index in [1.165, 1.54) is 12.1 Å². The molecule has 0 bridgehead atoms. The van der Waals surface area contributed by atoms with Crippen molar-refractivity contribution in [2.45, 2.75) is 6.42 Å². The number of aromatic nitrogens is 6. The number of benzene rings is 2. The quantitative estimate of drug-likeness (QED) is 0.159. The van der Waals surface area contributed by atoms with Gasteiger partial charge in [0.25, 0.3) is 0 Å². The van der Waals surface area contributed by atoms with Gasteiger partial charge in [-0.1, -0.05) is 30.3 Å². The average molecular weight is 627 g/mol. The Labute approximate surface area is 269 Å². The van der Waals surface area contributed by atoms with Crippen LogP contribution in [-0.4, -0.2) is 68.2 Å². The number of H-pyrrole nitrogens is 2. The minimum Gasteiger partial charge on any atom is -0.492 e. The standard InChI is InChI=1S/C36H31FN8O2/c1-45(2)8-9-47-28-13-23(11-26(37)15-28)31-20-39-21-33-29(31)16-32(42-33)35-30-14-25(18-40-36(30)44-43-35)24-12-27(19-38-17-24)41-34(46)10-22-6-4-3-5-7-22/h3-7,11-21,42H,8-10H2,1-2H3,(H,41,46)(H,40,43,44). The molecule has 3 N–H and O–H groups in total. The van der Waals surface area contributed by atoms with Crippen molar-refractivity contribution in [1.82, 2.24) is 35.0 Å². The third-order valence-electron chi connectivity index (χ3n) is 7.78. The Morgan fingerprint density at radius 2 is 1.72 bits per heavy atom. The van der Waals surface area contributed by atoms with Crippen LogP contribution in [0.4, 0.5) is 10.1 Å². The first kappa shape index (κ1) is 29.8. The zero-order valence-electron chi connectivity index (χ0n) is 25.8. The highest BCUT2D eigenvalue weighted by atomic mass is 19.1. The van der Waals surface area contributed by atoms with E-state index in [9.17, 15) is 9.18 Å². The smallest absolute Gasteiger partial charge is 0.228 e. The Hall–Kier alpha value is -5.94. The Morgan fingerprint density at radius 3 is 2.57 bits per heavy atom. The molecule has 0 aliphatic rings. The second-order valence-electron chi connectivity index (χ2n) is 11.5. The number of nitrogens with zero attached hydrogens (tertiary/aromatic N) is 5. The van der Waals surface area contributed by atoms with Crippen LogP contribution in [0.3, 0.4) is 0 Å². The van der Waals surface area contributed by atoms with E-state index in [4.69, 9.17) is 4.74 Å². The lowest BCUT2D eigenvalue weighted by Gasteiger charge is -2.12. The molecular weight excluding hydrogens is 595 g/mol. The highest BCUT2D eigenvalue weighted by Crippen LogP contribution is 2.35. The Kier molecular flexibility index (Phi) is 8.11. The molecule has 5 aromatic heterocycles. The molecule has 0 unspecified atom stereocenters. The van der Waals surface area contributed by atoms with Crippen molar-refractivity contribution in [2.24, 2.45) is 0 Å². The number of halogens is 1. The minimum absolute atomic E-state index is 0.125. The number of anilines is 1. The monoisotopic (exact) mass is 626 g/mol. The summed E-state index contributed by atoms with van der Waals surface area (Å²) in [7, 11) is 3.92. The largest absolute Gasteiger partial charge is 0.492 e. The molecule has 0 saturated heterocycles. The first-order valence-electron chi connectivity index (χ1n) is 15.1. The minimum atomic E-state index is -0.386. The Bertz CT molecular complexity index is 2210. The van der Waals surface area contributed by atoms with Gasteiger partial charge in [-0.25, -0.2) is 9.37 Å². The molecule has 0 aliphatic carbocycles. The third-order valence-corrected chi connectivity index (χ3v) is 7.78. The van der Waals surface area contributed by atoms with E-state index in [1.807, 2.05) is 73.6 Å². The van der Waals surface area contributed by atoms with Gasteiger partial charge in [-0.2, -0.15) is 5.10 Å². The average Bonchev–Trinajstić information content (AvgIpc) is 3.69. The van der Waals surface area contributed by atoms with Crippen LogP contribution in [0.1, 0.15) is 5.56 Å². The molecular formula is C36H31FN8O2. The SMILES string of the molecule is CN(C)CCOc1cc(F)cc(-c2cncc3[nH]c(-c4[nH]nc5ncc(-c6cncc(NC(=O)Cc7ccccc7)c6)cc45)cc23)c1. The van der Waals surface area contributed by atoms with Crippen molar-refractivity contribution in [3.63, 3.8) is 0 Å². The van der Waals surface area contributed by atoms with Gasteiger partial charge in [0, 0.05) is 58.7 Å². The van der Waals surface area contributed by atoms with E-state index in [-0.39, 0.29) is 18.1 Å². The van der Waals surface area contributed by atoms with Crippen molar-refractivity contribution in [2.75, 3.05) is 32.6 Å². The van der Waals surface area contributed by atoms with E-state index in [0.29, 0.717) is 35.8 Å². The van der Waals surface area contributed by atoms with Crippen molar-refractivity contribution < 1.29 is 13.9 Å². The van der Waals surface area contributed by atoms with Crippen LogP contribution in [-0.2, 0) is 11.2 Å². The molecule has 10 nitrogen and oxygen atoms in total. The van der Waals surface area contributed by atoms with Crippen LogP contribution in [0.15, 0.2) is 97.7 Å². The molecule has 0 saturated carbocycles. The Balaban J connectivity index is 1.18. The summed E-state index contributed by atoms with van der Waals surface area (Å²) in [6.45, 7) is 1.16. The van der Waals surface area contributed by atoms with Crippen LogP contribution < -0.4 is 10.1 Å². The highest BCUT2D eigenvalue weighted by Gasteiger charge is 2.16. The van der Waals surface area contributed by atoms with Crippen LogP contribution in [0.2, 0.25) is 0 Å². The summed E-state index contributed by atoms with van der Waals surface area (Å²) in [6, 6.07) is 20.1. The molecule has 7 rings (SSSR count). The van der Waals surface area contributed by atoms with Gasteiger partial charge in [-0.3, -0.25) is 19.9 Å². The third kappa shape index (κ3) is 6.56. The zero-order valence-corrected chi connectivity index (χ0v) is 25.8. The molecule has 7 aromatic rings. The van der Waals surface area contributed by atoms with Gasteiger partial charge in [-0.05, 0) is 55.6 Å². The Morgan fingerprint density at radius 1 is 0.894 bits per heavy atom. The van der Waals surface area contributed by atoms with E-state index in [2.05, 4.69) is 35.5 Å². The molecule has 11 heteroatoms. The molecule has 0 aliphatic heterocycles. The fourth-order valence-corrected chi connectivity index (χ4v) is 5.48. The first-order valence-corrected chi connectivity index (χ1v) is 15.1. The summed E-state index contributed by atoms with van der Waals surface area (Å²) >= 11 is 0. The number of amides is 1. The van der Waals surface area contributed by atoms with Crippen molar-refractivity contribution >= 4 is 33.5 Å². The van der Waals surface area contributed by atoms with E-state index < -0.39 is 0 Å². The predicted octanol–water partition coefficient (Wildman–Crippen LogP) is 6.49. The van der Waals surface area contributed by atoms with Crippen molar-refractivity contribution in [1.29, 1.82) is 0 Å². The van der Waals surface area contributed by atoms with Crippen molar-refractivity contribution in [3.8, 4) is 39.4 Å². The fourth-order valence-electron chi connectivity index (χ4n) is 5.48. The molecule has 0 radical (unpaired) electrons. The summed E-state index contributed by atoms with van der Waals surface area (Å²) in [5.41, 5.74) is 7.40. The summed E-state index contributed by atoms with van der Waals surface area (Å²) < 4.78 is 20.5. The number of pyridine rings is 3. The molecule has 0 atom stereocenters. The number of nitrogens with one attached hydrogen (secondary N) is 3.